The van der Waals surface area contributed by atoms with Crippen molar-refractivity contribution in [1.82, 2.24) is 5.32 Å². The van der Waals surface area contributed by atoms with Crippen LogP contribution in [0.4, 0.5) is 5.69 Å². The Labute approximate surface area is 97.6 Å². The van der Waals surface area contributed by atoms with E-state index in [1.807, 2.05) is 0 Å². The first kappa shape index (κ1) is 12.4. The number of hydrogen-bond acceptors (Lipinski definition) is 3. The molecule has 0 unspecified atom stereocenters. The van der Waals surface area contributed by atoms with Gasteiger partial charge in [-0.05, 0) is 12.0 Å². The summed E-state index contributed by atoms with van der Waals surface area (Å²) < 4.78 is 0. The molecule has 1 amide bonds. The summed E-state index contributed by atoms with van der Waals surface area (Å²) in [4.78, 5) is 20.8. The van der Waals surface area contributed by atoms with Gasteiger partial charge < -0.3 is 5.32 Å². The molecule has 1 N–H and O–H groups in total. The van der Waals surface area contributed by atoms with Crippen molar-refractivity contribution >= 4 is 23.2 Å². The van der Waals surface area contributed by atoms with Crippen molar-refractivity contribution in [3.63, 3.8) is 0 Å². The molecule has 0 aliphatic carbocycles. The summed E-state index contributed by atoms with van der Waals surface area (Å²) in [6.07, 6.45) is 0.626. The number of nitro benzene ring substituents is 1. The molecule has 1 rings (SSSR count). The first-order chi connectivity index (χ1) is 7.63. The van der Waals surface area contributed by atoms with E-state index in [0.29, 0.717) is 13.0 Å². The number of rotatable bonds is 5. The molecule has 6 heteroatoms. The Morgan fingerprint density at radius 2 is 2.00 bits per heavy atom. The van der Waals surface area contributed by atoms with Gasteiger partial charge in [0.2, 0.25) is 5.91 Å². The average molecular weight is 243 g/mol. The zero-order valence-electron chi connectivity index (χ0n) is 8.48. The van der Waals surface area contributed by atoms with E-state index >= 15 is 0 Å². The van der Waals surface area contributed by atoms with Crippen molar-refractivity contribution < 1.29 is 9.72 Å². The Balaban J connectivity index is 2.43. The number of nitrogens with zero attached hydrogens (tertiary/aromatic N) is 1. The van der Waals surface area contributed by atoms with E-state index in [2.05, 4.69) is 5.32 Å². The summed E-state index contributed by atoms with van der Waals surface area (Å²) in [6.45, 7) is 0.476. The standard InChI is InChI=1S/C10H11ClN2O3/c11-7-10(14)12-6-5-8-1-3-9(4-2-8)13(15)16/h1-4H,5-7H2,(H,12,14). The molecule has 0 bridgehead atoms. The maximum Gasteiger partial charge on any atom is 0.269 e. The molecule has 86 valence electrons. The van der Waals surface area contributed by atoms with Gasteiger partial charge in [0.05, 0.1) is 4.92 Å². The van der Waals surface area contributed by atoms with E-state index in [4.69, 9.17) is 11.6 Å². The molecule has 0 aliphatic rings. The second-order valence-corrected chi connectivity index (χ2v) is 3.42. The molecule has 0 heterocycles. The molecule has 0 aromatic heterocycles. The molecule has 16 heavy (non-hydrogen) atoms. The zero-order valence-corrected chi connectivity index (χ0v) is 9.24. The minimum atomic E-state index is -0.445. The van der Waals surface area contributed by atoms with Gasteiger partial charge in [-0.2, -0.15) is 0 Å². The van der Waals surface area contributed by atoms with Gasteiger partial charge >= 0.3 is 0 Å². The molecular formula is C10H11ClN2O3. The van der Waals surface area contributed by atoms with Crippen LogP contribution in [0.5, 0.6) is 0 Å². The van der Waals surface area contributed by atoms with Gasteiger partial charge in [0.25, 0.3) is 5.69 Å². The highest BCUT2D eigenvalue weighted by molar-refractivity contribution is 6.27. The molecule has 0 fully saturated rings. The smallest absolute Gasteiger partial charge is 0.269 e. The lowest BCUT2D eigenvalue weighted by atomic mass is 10.1. The summed E-state index contributed by atoms with van der Waals surface area (Å²) in [7, 11) is 0. The monoisotopic (exact) mass is 242 g/mol. The van der Waals surface area contributed by atoms with Crippen LogP contribution in [0.25, 0.3) is 0 Å². The minimum Gasteiger partial charge on any atom is -0.355 e. The van der Waals surface area contributed by atoms with E-state index < -0.39 is 4.92 Å². The Kier molecular flexibility index (Phi) is 4.72. The highest BCUT2D eigenvalue weighted by Gasteiger charge is 2.04. The SMILES string of the molecule is O=C(CCl)NCCc1ccc([N+](=O)[O-])cc1. The van der Waals surface area contributed by atoms with Crippen LogP contribution in [0.3, 0.4) is 0 Å². The van der Waals surface area contributed by atoms with Crippen LogP contribution in [0.1, 0.15) is 5.56 Å². The minimum absolute atomic E-state index is 0.0553. The number of alkyl halides is 1. The molecule has 5 nitrogen and oxygen atoms in total. The van der Waals surface area contributed by atoms with Gasteiger partial charge in [-0.25, -0.2) is 0 Å². The fourth-order valence-corrected chi connectivity index (χ4v) is 1.27. The Morgan fingerprint density at radius 3 is 2.50 bits per heavy atom. The summed E-state index contributed by atoms with van der Waals surface area (Å²) >= 11 is 5.30. The lowest BCUT2D eigenvalue weighted by molar-refractivity contribution is -0.384. The first-order valence-electron chi connectivity index (χ1n) is 4.69. The number of non-ortho nitro benzene ring substituents is 1. The van der Waals surface area contributed by atoms with Crippen molar-refractivity contribution in [2.45, 2.75) is 6.42 Å². The first-order valence-corrected chi connectivity index (χ1v) is 5.23. The van der Waals surface area contributed by atoms with Crippen LogP contribution in [0.15, 0.2) is 24.3 Å². The van der Waals surface area contributed by atoms with E-state index in [9.17, 15) is 14.9 Å². The zero-order chi connectivity index (χ0) is 12.0. The molecule has 0 saturated carbocycles. The summed E-state index contributed by atoms with van der Waals surface area (Å²) in [5.41, 5.74) is 0.994. The summed E-state index contributed by atoms with van der Waals surface area (Å²) in [5.74, 6) is -0.274. The highest BCUT2D eigenvalue weighted by atomic mass is 35.5. The molecule has 0 aliphatic heterocycles. The molecular weight excluding hydrogens is 232 g/mol. The van der Waals surface area contributed by atoms with Crippen LogP contribution in [-0.2, 0) is 11.2 Å². The normalized spacial score (nSPS) is 9.81. The molecule has 0 saturated heterocycles. The van der Waals surface area contributed by atoms with E-state index in [1.54, 1.807) is 12.1 Å². The second-order valence-electron chi connectivity index (χ2n) is 3.16. The number of amides is 1. The van der Waals surface area contributed by atoms with Gasteiger partial charge in [-0.1, -0.05) is 12.1 Å². The number of hydrogen-bond donors (Lipinski definition) is 1. The molecule has 0 radical (unpaired) electrons. The second kappa shape index (κ2) is 6.07. The Hall–Kier alpha value is -1.62. The summed E-state index contributed by atoms with van der Waals surface area (Å²) in [6, 6.07) is 6.23. The fraction of sp³-hybridized carbons (Fsp3) is 0.300. The predicted octanol–water partition coefficient (Wildman–Crippen LogP) is 1.49. The lowest BCUT2D eigenvalue weighted by Gasteiger charge is -2.02. The number of nitro groups is 1. The fourth-order valence-electron chi connectivity index (χ4n) is 1.18. The largest absolute Gasteiger partial charge is 0.355 e. The lowest BCUT2D eigenvalue weighted by Crippen LogP contribution is -2.26. The molecule has 0 atom stereocenters. The van der Waals surface area contributed by atoms with Gasteiger partial charge in [0, 0.05) is 18.7 Å². The van der Waals surface area contributed by atoms with Crippen LogP contribution in [0, 0.1) is 10.1 Å². The predicted molar refractivity (Wildman–Crippen MR) is 60.5 cm³/mol. The number of carbonyl (C=O) groups is 1. The average Bonchev–Trinajstić information content (AvgIpc) is 2.29. The summed E-state index contributed by atoms with van der Waals surface area (Å²) in [5, 5.41) is 13.0. The third kappa shape index (κ3) is 3.86. The molecule has 0 spiro atoms. The van der Waals surface area contributed by atoms with E-state index in [1.165, 1.54) is 12.1 Å². The maximum absolute atomic E-state index is 10.8. The van der Waals surface area contributed by atoms with Crippen LogP contribution in [0.2, 0.25) is 0 Å². The Bertz CT molecular complexity index is 378. The van der Waals surface area contributed by atoms with Gasteiger partial charge in [-0.15, -0.1) is 11.6 Å². The van der Waals surface area contributed by atoms with E-state index in [-0.39, 0.29) is 17.5 Å². The maximum atomic E-state index is 10.8. The van der Waals surface area contributed by atoms with Gasteiger partial charge in [0.1, 0.15) is 5.88 Å². The molecule has 1 aromatic carbocycles. The number of carbonyl (C=O) groups excluding carboxylic acids is 1. The van der Waals surface area contributed by atoms with Crippen LogP contribution < -0.4 is 5.32 Å². The van der Waals surface area contributed by atoms with Crippen LogP contribution >= 0.6 is 11.6 Å². The molecule has 1 aromatic rings. The highest BCUT2D eigenvalue weighted by Crippen LogP contribution is 2.11. The Morgan fingerprint density at radius 1 is 1.38 bits per heavy atom. The number of halogens is 1. The van der Waals surface area contributed by atoms with E-state index in [0.717, 1.165) is 5.56 Å². The van der Waals surface area contributed by atoms with Crippen LogP contribution in [-0.4, -0.2) is 23.3 Å². The van der Waals surface area contributed by atoms with Crippen molar-refractivity contribution in [3.05, 3.63) is 39.9 Å². The van der Waals surface area contributed by atoms with Gasteiger partial charge in [-0.3, -0.25) is 14.9 Å². The topological polar surface area (TPSA) is 72.2 Å². The quantitative estimate of drug-likeness (QED) is 0.483. The third-order valence-corrected chi connectivity index (χ3v) is 2.25. The van der Waals surface area contributed by atoms with Gasteiger partial charge in [0.15, 0.2) is 0 Å². The van der Waals surface area contributed by atoms with Crippen molar-refractivity contribution in [2.24, 2.45) is 0 Å². The number of nitrogens with one attached hydrogen (secondary N) is 1. The van der Waals surface area contributed by atoms with Crippen molar-refractivity contribution in [3.8, 4) is 0 Å². The number of benzene rings is 1. The van der Waals surface area contributed by atoms with Crippen molar-refractivity contribution in [1.29, 1.82) is 0 Å². The third-order valence-electron chi connectivity index (χ3n) is 2.00. The van der Waals surface area contributed by atoms with Crippen molar-refractivity contribution in [2.75, 3.05) is 12.4 Å².